The first-order chi connectivity index (χ1) is 3.80. The lowest BCUT2D eigenvalue weighted by atomic mass is 10.00. The Balaban J connectivity index is 2.28. The van der Waals surface area contributed by atoms with Crippen LogP contribution >= 0.6 is 18.5 Å². The van der Waals surface area contributed by atoms with Gasteiger partial charge in [-0.1, -0.05) is 12.8 Å². The molecule has 4 atom stereocenters. The summed E-state index contributed by atoms with van der Waals surface area (Å²) >= 11 is 0. The molecule has 0 N–H and O–H groups in total. The summed E-state index contributed by atoms with van der Waals surface area (Å²) in [7, 11) is 5.85. The van der Waals surface area contributed by atoms with Crippen LogP contribution in [0.1, 0.15) is 25.7 Å². The molecular formula is C6H14P2. The maximum Gasteiger partial charge on any atom is -0.0201 e. The largest absolute Gasteiger partial charge is 0.134 e. The quantitative estimate of drug-likeness (QED) is 0.461. The highest BCUT2D eigenvalue weighted by atomic mass is 31.0. The van der Waals surface area contributed by atoms with Gasteiger partial charge in [0.05, 0.1) is 0 Å². The number of hydrogen-bond acceptors (Lipinski definition) is 0. The third kappa shape index (κ3) is 1.67. The van der Waals surface area contributed by atoms with Crippen molar-refractivity contribution in [3.63, 3.8) is 0 Å². The van der Waals surface area contributed by atoms with Gasteiger partial charge in [0, 0.05) is 0 Å². The highest BCUT2D eigenvalue weighted by Crippen LogP contribution is 2.29. The normalized spacial score (nSPS) is 39.8. The van der Waals surface area contributed by atoms with Gasteiger partial charge in [-0.3, -0.25) is 0 Å². The summed E-state index contributed by atoms with van der Waals surface area (Å²) in [6.07, 6.45) is 5.72. The molecule has 2 heteroatoms. The van der Waals surface area contributed by atoms with Crippen LogP contribution in [0.15, 0.2) is 0 Å². The molecule has 2 unspecified atom stereocenters. The van der Waals surface area contributed by atoms with Crippen LogP contribution < -0.4 is 0 Å². The van der Waals surface area contributed by atoms with Crippen LogP contribution in [0.3, 0.4) is 0 Å². The van der Waals surface area contributed by atoms with Gasteiger partial charge in [0.25, 0.3) is 0 Å². The van der Waals surface area contributed by atoms with E-state index in [0.717, 1.165) is 11.3 Å². The van der Waals surface area contributed by atoms with Crippen LogP contribution in [0.4, 0.5) is 0 Å². The summed E-state index contributed by atoms with van der Waals surface area (Å²) in [6.45, 7) is 0. The van der Waals surface area contributed by atoms with Crippen molar-refractivity contribution in [1.82, 2.24) is 0 Å². The fraction of sp³-hybridized carbons (Fsp3) is 1.00. The Morgan fingerprint density at radius 2 is 1.25 bits per heavy atom. The predicted molar refractivity (Wildman–Crippen MR) is 45.5 cm³/mol. The van der Waals surface area contributed by atoms with Gasteiger partial charge in [-0.05, 0) is 24.2 Å². The van der Waals surface area contributed by atoms with Gasteiger partial charge in [0.15, 0.2) is 0 Å². The van der Waals surface area contributed by atoms with Crippen molar-refractivity contribution in [2.45, 2.75) is 37.0 Å². The van der Waals surface area contributed by atoms with E-state index >= 15 is 0 Å². The zero-order valence-electron chi connectivity index (χ0n) is 5.14. The molecule has 0 aromatic heterocycles. The first-order valence-electron chi connectivity index (χ1n) is 3.32. The molecular weight excluding hydrogens is 134 g/mol. The SMILES string of the molecule is P[C@@H]1CCCC[C@H]1P. The van der Waals surface area contributed by atoms with E-state index in [9.17, 15) is 0 Å². The molecule has 1 fully saturated rings. The van der Waals surface area contributed by atoms with Gasteiger partial charge >= 0.3 is 0 Å². The van der Waals surface area contributed by atoms with Crippen molar-refractivity contribution in [2.75, 3.05) is 0 Å². The van der Waals surface area contributed by atoms with E-state index in [1.165, 1.54) is 25.7 Å². The lowest BCUT2D eigenvalue weighted by Crippen LogP contribution is -2.17. The Hall–Kier alpha value is 0.860. The molecule has 0 aliphatic heterocycles. The molecule has 48 valence electrons. The second-order valence-corrected chi connectivity index (χ2v) is 4.32. The highest BCUT2D eigenvalue weighted by molar-refractivity contribution is 7.23. The minimum absolute atomic E-state index is 0.883. The lowest BCUT2D eigenvalue weighted by Gasteiger charge is -2.24. The summed E-state index contributed by atoms with van der Waals surface area (Å²) in [4.78, 5) is 0. The van der Waals surface area contributed by atoms with E-state index in [-0.39, 0.29) is 0 Å². The predicted octanol–water partition coefficient (Wildman–Crippen LogP) is 2.05. The topological polar surface area (TPSA) is 0 Å². The average Bonchev–Trinajstić information content (AvgIpc) is 1.77. The lowest BCUT2D eigenvalue weighted by molar-refractivity contribution is 0.527. The van der Waals surface area contributed by atoms with Crippen molar-refractivity contribution in [1.29, 1.82) is 0 Å². The minimum Gasteiger partial charge on any atom is -0.134 e. The van der Waals surface area contributed by atoms with Crippen molar-refractivity contribution >= 4 is 18.5 Å². The molecule has 0 radical (unpaired) electrons. The smallest absolute Gasteiger partial charge is 0.0201 e. The Labute approximate surface area is 56.2 Å². The molecule has 1 rings (SSSR count). The molecule has 1 aliphatic carbocycles. The van der Waals surface area contributed by atoms with E-state index in [1.807, 2.05) is 0 Å². The molecule has 0 nitrogen and oxygen atoms in total. The number of hydrogen-bond donors (Lipinski definition) is 0. The van der Waals surface area contributed by atoms with E-state index in [0.29, 0.717) is 0 Å². The molecule has 0 aromatic rings. The first kappa shape index (κ1) is 6.97. The molecule has 0 saturated heterocycles. The van der Waals surface area contributed by atoms with Crippen molar-refractivity contribution in [3.05, 3.63) is 0 Å². The van der Waals surface area contributed by atoms with Crippen molar-refractivity contribution in [3.8, 4) is 0 Å². The maximum absolute atomic E-state index is 2.92. The Bertz CT molecular complexity index is 62.9. The first-order valence-corrected chi connectivity index (χ1v) is 4.65. The summed E-state index contributed by atoms with van der Waals surface area (Å²) in [5.74, 6) is 0. The van der Waals surface area contributed by atoms with Gasteiger partial charge in [0.1, 0.15) is 0 Å². The third-order valence-corrected chi connectivity index (χ3v) is 3.97. The van der Waals surface area contributed by atoms with E-state index in [2.05, 4.69) is 18.5 Å². The summed E-state index contributed by atoms with van der Waals surface area (Å²) in [5, 5.41) is 0. The molecule has 8 heavy (non-hydrogen) atoms. The fourth-order valence-electron chi connectivity index (χ4n) is 1.19. The van der Waals surface area contributed by atoms with Crippen LogP contribution in [0, 0.1) is 0 Å². The van der Waals surface area contributed by atoms with Crippen molar-refractivity contribution in [2.24, 2.45) is 0 Å². The summed E-state index contributed by atoms with van der Waals surface area (Å²) in [6, 6.07) is 0. The van der Waals surface area contributed by atoms with E-state index < -0.39 is 0 Å². The highest BCUT2D eigenvalue weighted by Gasteiger charge is 2.15. The fourth-order valence-corrected chi connectivity index (χ4v) is 2.04. The van der Waals surface area contributed by atoms with Crippen LogP contribution in [-0.4, -0.2) is 11.3 Å². The molecule has 0 aromatic carbocycles. The third-order valence-electron chi connectivity index (χ3n) is 1.87. The number of rotatable bonds is 0. The molecule has 1 aliphatic rings. The van der Waals surface area contributed by atoms with Gasteiger partial charge in [0.2, 0.25) is 0 Å². The second-order valence-electron chi connectivity index (χ2n) is 2.61. The zero-order valence-corrected chi connectivity index (χ0v) is 7.45. The molecule has 0 heterocycles. The second kappa shape index (κ2) is 3.14. The molecule has 1 saturated carbocycles. The minimum atomic E-state index is 0.883. The van der Waals surface area contributed by atoms with Gasteiger partial charge in [-0.15, -0.1) is 18.5 Å². The Morgan fingerprint density at radius 1 is 0.875 bits per heavy atom. The van der Waals surface area contributed by atoms with E-state index in [1.54, 1.807) is 0 Å². The Morgan fingerprint density at radius 3 is 1.50 bits per heavy atom. The summed E-state index contributed by atoms with van der Waals surface area (Å²) < 4.78 is 0. The van der Waals surface area contributed by atoms with Gasteiger partial charge in [-0.25, -0.2) is 0 Å². The zero-order chi connectivity index (χ0) is 5.98. The van der Waals surface area contributed by atoms with Crippen LogP contribution in [-0.2, 0) is 0 Å². The van der Waals surface area contributed by atoms with E-state index in [4.69, 9.17) is 0 Å². The van der Waals surface area contributed by atoms with Gasteiger partial charge in [-0.2, -0.15) is 0 Å². The molecule has 0 amide bonds. The average molecular weight is 148 g/mol. The van der Waals surface area contributed by atoms with Crippen molar-refractivity contribution < 1.29 is 0 Å². The maximum atomic E-state index is 2.92. The van der Waals surface area contributed by atoms with Crippen LogP contribution in [0.5, 0.6) is 0 Å². The van der Waals surface area contributed by atoms with Crippen LogP contribution in [0.2, 0.25) is 0 Å². The van der Waals surface area contributed by atoms with Gasteiger partial charge < -0.3 is 0 Å². The summed E-state index contributed by atoms with van der Waals surface area (Å²) in [5.41, 5.74) is 1.77. The molecule has 0 bridgehead atoms. The van der Waals surface area contributed by atoms with Crippen LogP contribution in [0.25, 0.3) is 0 Å². The Kier molecular flexibility index (Phi) is 2.73. The molecule has 0 spiro atoms. The monoisotopic (exact) mass is 148 g/mol. The standard InChI is InChI=1S/C6H14P2/c7-5-3-1-2-4-6(5)8/h5-6H,1-4,7-8H2/t5-,6-/m1/s1.